The van der Waals surface area contributed by atoms with Gasteiger partial charge in [0.1, 0.15) is 11.6 Å². The van der Waals surface area contributed by atoms with Crippen LogP contribution in [0.3, 0.4) is 0 Å². The molecule has 0 fully saturated rings. The lowest BCUT2D eigenvalue weighted by Gasteiger charge is -2.08. The Bertz CT molecular complexity index is 1470. The summed E-state index contributed by atoms with van der Waals surface area (Å²) in [4.78, 5) is 29.8. The Balaban J connectivity index is 0.000000349. The lowest BCUT2D eigenvalue weighted by atomic mass is 10.1. The molecule has 0 saturated carbocycles. The summed E-state index contributed by atoms with van der Waals surface area (Å²) in [6, 6.07) is 15.9. The van der Waals surface area contributed by atoms with Crippen molar-refractivity contribution in [3.05, 3.63) is 78.0 Å². The number of nitrogens with two attached hydrogens (primary N) is 1. The van der Waals surface area contributed by atoms with Gasteiger partial charge < -0.3 is 25.7 Å². The average Bonchev–Trinajstić information content (AvgIpc) is 3.32. The van der Waals surface area contributed by atoms with Crippen LogP contribution in [0.5, 0.6) is 5.88 Å². The van der Waals surface area contributed by atoms with Crippen molar-refractivity contribution in [3.63, 3.8) is 0 Å². The topological polar surface area (TPSA) is 151 Å². The summed E-state index contributed by atoms with van der Waals surface area (Å²) in [5, 5.41) is 14.2. The van der Waals surface area contributed by atoms with Crippen molar-refractivity contribution in [2.75, 3.05) is 7.11 Å². The molecule has 0 aliphatic rings. The number of hydrogen-bond donors (Lipinski definition) is 4. The standard InChI is InChI=1S/C21H19FN4O.2C2HF3O2/c1-27-20-12-15(7-8-24-20)14-5-6-18-19(11-14)26-21(25-18)17(23)10-13-3-2-4-16(22)9-13;2*3-2(4,5)1(6)7/h2-9,11-12,17H,10,23H2,1H3,(H,25,26);2*(H,6,7)/t17-;;/m1../s1. The number of halogens is 7. The first-order valence-electron chi connectivity index (χ1n) is 11.1. The molecule has 16 heteroatoms. The fourth-order valence-electron chi connectivity index (χ4n) is 3.10. The number of aromatic nitrogens is 3. The molecule has 0 radical (unpaired) electrons. The highest BCUT2D eigenvalue weighted by molar-refractivity contribution is 5.82. The van der Waals surface area contributed by atoms with Crippen molar-refractivity contribution < 1.29 is 55.3 Å². The summed E-state index contributed by atoms with van der Waals surface area (Å²) in [6.07, 6.45) is -7.95. The number of methoxy groups -OCH3 is 1. The number of nitrogens with zero attached hydrogens (tertiary/aromatic N) is 2. The molecule has 2 aromatic heterocycles. The third-order valence-electron chi connectivity index (χ3n) is 4.96. The van der Waals surface area contributed by atoms with E-state index in [9.17, 15) is 30.7 Å². The van der Waals surface area contributed by atoms with Gasteiger partial charge in [0, 0.05) is 12.3 Å². The predicted molar refractivity (Wildman–Crippen MR) is 130 cm³/mol. The zero-order valence-electron chi connectivity index (χ0n) is 20.8. The van der Waals surface area contributed by atoms with Crippen LogP contribution in [0.2, 0.25) is 0 Å². The third kappa shape index (κ3) is 10.1. The Morgan fingerprint density at radius 2 is 1.54 bits per heavy atom. The van der Waals surface area contributed by atoms with Gasteiger partial charge in [-0.3, -0.25) is 0 Å². The number of carboxylic acids is 2. The number of hydrogen-bond acceptors (Lipinski definition) is 6. The van der Waals surface area contributed by atoms with Crippen molar-refractivity contribution in [3.8, 4) is 17.0 Å². The van der Waals surface area contributed by atoms with Gasteiger partial charge in [-0.2, -0.15) is 26.3 Å². The van der Waals surface area contributed by atoms with Crippen LogP contribution in [0.1, 0.15) is 17.4 Å². The first-order valence-corrected chi connectivity index (χ1v) is 11.1. The number of carbonyl (C=O) groups is 2. The molecule has 0 spiro atoms. The summed E-state index contributed by atoms with van der Waals surface area (Å²) in [5.74, 6) is -4.53. The SMILES string of the molecule is COc1cc(-c2ccc3nc([C@H](N)Cc4cccc(F)c4)[nH]c3c2)ccn1.O=C(O)C(F)(F)F.O=C(O)C(F)(F)F. The van der Waals surface area contributed by atoms with E-state index in [0.717, 1.165) is 27.7 Å². The Kier molecular flexibility index (Phi) is 10.7. The van der Waals surface area contributed by atoms with Crippen molar-refractivity contribution >= 4 is 23.0 Å². The highest BCUT2D eigenvalue weighted by Crippen LogP contribution is 2.26. The number of alkyl halides is 6. The monoisotopic (exact) mass is 590 g/mol. The fraction of sp³-hybridized carbons (Fsp3) is 0.200. The quantitative estimate of drug-likeness (QED) is 0.229. The molecule has 41 heavy (non-hydrogen) atoms. The molecule has 5 N–H and O–H groups in total. The van der Waals surface area contributed by atoms with Crippen LogP contribution in [0.4, 0.5) is 30.7 Å². The molecule has 9 nitrogen and oxygen atoms in total. The van der Waals surface area contributed by atoms with E-state index < -0.39 is 24.3 Å². The third-order valence-corrected chi connectivity index (χ3v) is 4.96. The Labute approximate surface area is 226 Å². The van der Waals surface area contributed by atoms with Crippen LogP contribution in [0.25, 0.3) is 22.2 Å². The van der Waals surface area contributed by atoms with Crippen LogP contribution >= 0.6 is 0 Å². The molecular weight excluding hydrogens is 569 g/mol. The maximum Gasteiger partial charge on any atom is 0.490 e. The van der Waals surface area contributed by atoms with Gasteiger partial charge in [-0.25, -0.2) is 23.9 Å². The summed E-state index contributed by atoms with van der Waals surface area (Å²) in [6.45, 7) is 0. The van der Waals surface area contributed by atoms with Gasteiger partial charge in [0.15, 0.2) is 0 Å². The van der Waals surface area contributed by atoms with E-state index in [1.54, 1.807) is 19.4 Å². The molecule has 2 aromatic carbocycles. The molecule has 4 aromatic rings. The highest BCUT2D eigenvalue weighted by atomic mass is 19.4. The number of ether oxygens (including phenoxy) is 1. The van der Waals surface area contributed by atoms with E-state index in [1.165, 1.54) is 12.1 Å². The van der Waals surface area contributed by atoms with E-state index >= 15 is 0 Å². The molecule has 0 aliphatic heterocycles. The number of fused-ring (bicyclic) bond motifs is 1. The molecule has 0 aliphatic carbocycles. The summed E-state index contributed by atoms with van der Waals surface area (Å²) in [5.41, 5.74) is 10.9. The van der Waals surface area contributed by atoms with Gasteiger partial charge in [0.25, 0.3) is 0 Å². The maximum absolute atomic E-state index is 13.4. The van der Waals surface area contributed by atoms with Crippen molar-refractivity contribution in [1.82, 2.24) is 15.0 Å². The number of aliphatic carboxylic acids is 2. The molecule has 2 heterocycles. The number of carboxylic acid groups (broad SMARTS) is 2. The molecule has 0 unspecified atom stereocenters. The lowest BCUT2D eigenvalue weighted by Crippen LogP contribution is -2.21. The Morgan fingerprint density at radius 1 is 0.951 bits per heavy atom. The minimum Gasteiger partial charge on any atom is -0.481 e. The molecule has 0 amide bonds. The van der Waals surface area contributed by atoms with E-state index in [4.69, 9.17) is 30.3 Å². The zero-order chi connectivity index (χ0) is 31.0. The second kappa shape index (κ2) is 13.6. The number of pyridine rings is 1. The van der Waals surface area contributed by atoms with Gasteiger partial charge in [-0.1, -0.05) is 18.2 Å². The van der Waals surface area contributed by atoms with Gasteiger partial charge >= 0.3 is 24.3 Å². The minimum absolute atomic E-state index is 0.262. The van der Waals surface area contributed by atoms with Crippen LogP contribution in [-0.4, -0.2) is 56.6 Å². The molecule has 0 bridgehead atoms. The van der Waals surface area contributed by atoms with E-state index in [-0.39, 0.29) is 11.9 Å². The number of nitrogens with one attached hydrogen (secondary N) is 1. The summed E-state index contributed by atoms with van der Waals surface area (Å²) >= 11 is 0. The van der Waals surface area contributed by atoms with Crippen LogP contribution in [0.15, 0.2) is 60.8 Å². The molecule has 0 saturated heterocycles. The van der Waals surface area contributed by atoms with E-state index in [1.807, 2.05) is 36.4 Å². The molecule has 1 atom stereocenters. The van der Waals surface area contributed by atoms with Gasteiger partial charge in [-0.15, -0.1) is 0 Å². The Hall–Kier alpha value is -4.73. The van der Waals surface area contributed by atoms with Crippen molar-refractivity contribution in [1.29, 1.82) is 0 Å². The van der Waals surface area contributed by atoms with Gasteiger partial charge in [0.2, 0.25) is 5.88 Å². The lowest BCUT2D eigenvalue weighted by molar-refractivity contribution is -0.193. The zero-order valence-corrected chi connectivity index (χ0v) is 20.8. The average molecular weight is 590 g/mol. The number of benzene rings is 2. The van der Waals surface area contributed by atoms with Gasteiger partial charge in [-0.05, 0) is 53.4 Å². The van der Waals surface area contributed by atoms with Crippen molar-refractivity contribution in [2.24, 2.45) is 5.73 Å². The van der Waals surface area contributed by atoms with E-state index in [2.05, 4.69) is 15.0 Å². The minimum atomic E-state index is -5.08. The van der Waals surface area contributed by atoms with Crippen LogP contribution < -0.4 is 10.5 Å². The van der Waals surface area contributed by atoms with Crippen LogP contribution in [-0.2, 0) is 16.0 Å². The number of imidazole rings is 1. The summed E-state index contributed by atoms with van der Waals surface area (Å²) < 4.78 is 82.0. The van der Waals surface area contributed by atoms with Gasteiger partial charge in [0.05, 0.1) is 24.2 Å². The highest BCUT2D eigenvalue weighted by Gasteiger charge is 2.38. The number of H-pyrrole nitrogens is 1. The van der Waals surface area contributed by atoms with Crippen molar-refractivity contribution in [2.45, 2.75) is 24.8 Å². The predicted octanol–water partition coefficient (Wildman–Crippen LogP) is 5.28. The first kappa shape index (κ1) is 32.5. The number of aromatic amines is 1. The molecule has 4 rings (SSSR count). The smallest absolute Gasteiger partial charge is 0.481 e. The normalized spacial score (nSPS) is 11.9. The van der Waals surface area contributed by atoms with Crippen LogP contribution in [0, 0.1) is 5.82 Å². The van der Waals surface area contributed by atoms with E-state index in [0.29, 0.717) is 18.1 Å². The fourth-order valence-corrected chi connectivity index (χ4v) is 3.10. The molecule has 220 valence electrons. The summed E-state index contributed by atoms with van der Waals surface area (Å²) in [7, 11) is 1.59. The number of rotatable bonds is 5. The second-order valence-corrected chi connectivity index (χ2v) is 7.99. The Morgan fingerprint density at radius 3 is 2.07 bits per heavy atom. The largest absolute Gasteiger partial charge is 0.490 e. The maximum atomic E-state index is 13.4. The molecular formula is C25H21F7N4O5. The first-order chi connectivity index (χ1) is 19.0. The second-order valence-electron chi connectivity index (χ2n) is 7.99.